The molecule has 1 aromatic carbocycles. The molecule has 0 amide bonds. The molecule has 0 bridgehead atoms. The number of benzene rings is 1. The Kier molecular flexibility index (Phi) is 5.51. The van der Waals surface area contributed by atoms with Gasteiger partial charge in [0.05, 0.1) is 11.6 Å². The number of halogens is 1. The summed E-state index contributed by atoms with van der Waals surface area (Å²) in [6, 6.07) is 6.39. The molecule has 0 N–H and O–H groups in total. The highest BCUT2D eigenvalue weighted by atomic mass is 79.9. The summed E-state index contributed by atoms with van der Waals surface area (Å²) < 4.78 is 6.32. The molecule has 0 saturated carbocycles. The van der Waals surface area contributed by atoms with Crippen LogP contribution in [0.25, 0.3) is 0 Å². The Labute approximate surface area is 118 Å². The summed E-state index contributed by atoms with van der Waals surface area (Å²) in [5.74, 6) is 0.909. The molecule has 0 spiro atoms. The number of hydrogen-bond donors (Lipinski definition) is 0. The normalized spacial score (nSPS) is 18.1. The van der Waals surface area contributed by atoms with E-state index in [2.05, 4.69) is 33.0 Å². The number of methoxy groups -OCH3 is 1. The molecule has 1 saturated heterocycles. The van der Waals surface area contributed by atoms with E-state index in [4.69, 9.17) is 4.74 Å². The third-order valence-corrected chi connectivity index (χ3v) is 4.19. The molecule has 0 unspecified atom stereocenters. The van der Waals surface area contributed by atoms with Crippen LogP contribution < -0.4 is 4.74 Å². The Morgan fingerprint density at radius 2 is 1.78 bits per heavy atom. The van der Waals surface area contributed by atoms with Crippen molar-refractivity contribution in [1.29, 1.82) is 0 Å². The molecule has 1 aliphatic heterocycles. The highest BCUT2D eigenvalue weighted by Gasteiger charge is 2.09. The van der Waals surface area contributed by atoms with Gasteiger partial charge in [-0.05, 0) is 59.6 Å². The fourth-order valence-corrected chi connectivity index (χ4v) is 3.13. The lowest BCUT2D eigenvalue weighted by molar-refractivity contribution is 0.239. The van der Waals surface area contributed by atoms with Gasteiger partial charge in [-0.1, -0.05) is 25.3 Å². The summed E-state index contributed by atoms with van der Waals surface area (Å²) in [6.07, 6.45) is 6.89. The van der Waals surface area contributed by atoms with E-state index >= 15 is 0 Å². The van der Waals surface area contributed by atoms with Crippen molar-refractivity contribution in [3.63, 3.8) is 0 Å². The van der Waals surface area contributed by atoms with Gasteiger partial charge in [0.1, 0.15) is 5.75 Å². The van der Waals surface area contributed by atoms with Crippen LogP contribution in [-0.4, -0.2) is 25.1 Å². The minimum atomic E-state index is 0.909. The Bertz CT molecular complexity index is 373. The van der Waals surface area contributed by atoms with Gasteiger partial charge in [-0.15, -0.1) is 0 Å². The zero-order valence-electron chi connectivity index (χ0n) is 11.1. The first-order chi connectivity index (χ1) is 8.79. The molecule has 0 aromatic heterocycles. The molecule has 0 atom stereocenters. The molecule has 2 nitrogen and oxygen atoms in total. The predicted octanol–water partition coefficient (Wildman–Crippen LogP) is 4.22. The van der Waals surface area contributed by atoms with Crippen molar-refractivity contribution in [1.82, 2.24) is 4.90 Å². The number of ether oxygens (including phenoxy) is 1. The first-order valence-electron chi connectivity index (χ1n) is 6.84. The molecule has 1 heterocycles. The van der Waals surface area contributed by atoms with Crippen LogP contribution in [0.2, 0.25) is 0 Å². The smallest absolute Gasteiger partial charge is 0.133 e. The minimum Gasteiger partial charge on any atom is -0.496 e. The van der Waals surface area contributed by atoms with Gasteiger partial charge in [0, 0.05) is 6.54 Å². The monoisotopic (exact) mass is 311 g/mol. The maximum Gasteiger partial charge on any atom is 0.133 e. The standard InChI is InChI=1S/C15H22BrNO/c1-18-15-8-7-13(11-14(15)16)12-17-9-5-3-2-4-6-10-17/h7-8,11H,2-6,9-10,12H2,1H3. The zero-order chi connectivity index (χ0) is 12.8. The summed E-state index contributed by atoms with van der Waals surface area (Å²) in [7, 11) is 1.71. The third kappa shape index (κ3) is 3.99. The largest absolute Gasteiger partial charge is 0.496 e. The van der Waals surface area contributed by atoms with Crippen molar-refractivity contribution in [2.45, 2.75) is 38.6 Å². The predicted molar refractivity (Wildman–Crippen MR) is 79.1 cm³/mol. The van der Waals surface area contributed by atoms with Crippen molar-refractivity contribution in [2.75, 3.05) is 20.2 Å². The van der Waals surface area contributed by atoms with Gasteiger partial charge in [-0.2, -0.15) is 0 Å². The van der Waals surface area contributed by atoms with Crippen LogP contribution in [-0.2, 0) is 6.54 Å². The van der Waals surface area contributed by atoms with Crippen LogP contribution in [0.15, 0.2) is 22.7 Å². The Morgan fingerprint density at radius 3 is 2.39 bits per heavy atom. The maximum atomic E-state index is 5.27. The number of rotatable bonds is 3. The Morgan fingerprint density at radius 1 is 1.11 bits per heavy atom. The number of hydrogen-bond acceptors (Lipinski definition) is 2. The van der Waals surface area contributed by atoms with Crippen LogP contribution in [0, 0.1) is 0 Å². The zero-order valence-corrected chi connectivity index (χ0v) is 12.7. The molecule has 0 aliphatic carbocycles. The lowest BCUT2D eigenvalue weighted by Crippen LogP contribution is -2.26. The second-order valence-corrected chi connectivity index (χ2v) is 5.87. The van der Waals surface area contributed by atoms with Crippen LogP contribution in [0.3, 0.4) is 0 Å². The summed E-state index contributed by atoms with van der Waals surface area (Å²) in [5.41, 5.74) is 1.36. The third-order valence-electron chi connectivity index (χ3n) is 3.57. The average Bonchev–Trinajstić information content (AvgIpc) is 2.33. The molecule has 100 valence electrons. The van der Waals surface area contributed by atoms with Crippen molar-refractivity contribution in [3.8, 4) is 5.75 Å². The second kappa shape index (κ2) is 7.15. The quantitative estimate of drug-likeness (QED) is 0.828. The fraction of sp³-hybridized carbons (Fsp3) is 0.600. The summed E-state index contributed by atoms with van der Waals surface area (Å²) in [4.78, 5) is 2.58. The number of likely N-dealkylation sites (tertiary alicyclic amines) is 1. The van der Waals surface area contributed by atoms with E-state index in [0.29, 0.717) is 0 Å². The van der Waals surface area contributed by atoms with Gasteiger partial charge in [0.25, 0.3) is 0 Å². The highest BCUT2D eigenvalue weighted by molar-refractivity contribution is 9.10. The second-order valence-electron chi connectivity index (χ2n) is 5.01. The SMILES string of the molecule is COc1ccc(CN2CCCCCCC2)cc1Br. The molecule has 2 rings (SSSR count). The molecule has 1 aliphatic rings. The van der Waals surface area contributed by atoms with E-state index in [1.165, 1.54) is 50.8 Å². The van der Waals surface area contributed by atoms with Crippen LogP contribution in [0.5, 0.6) is 5.75 Å². The first kappa shape index (κ1) is 13.9. The van der Waals surface area contributed by atoms with Gasteiger partial charge < -0.3 is 4.74 Å². The van der Waals surface area contributed by atoms with E-state index in [0.717, 1.165) is 16.8 Å². The van der Waals surface area contributed by atoms with Gasteiger partial charge in [0.2, 0.25) is 0 Å². The van der Waals surface area contributed by atoms with Gasteiger partial charge in [-0.3, -0.25) is 4.90 Å². The Balaban J connectivity index is 1.96. The molecule has 1 aromatic rings. The maximum absolute atomic E-state index is 5.27. The van der Waals surface area contributed by atoms with Crippen molar-refractivity contribution >= 4 is 15.9 Å². The van der Waals surface area contributed by atoms with Crippen molar-refractivity contribution in [2.24, 2.45) is 0 Å². The van der Waals surface area contributed by atoms with E-state index < -0.39 is 0 Å². The van der Waals surface area contributed by atoms with E-state index in [1.54, 1.807) is 7.11 Å². The van der Waals surface area contributed by atoms with Crippen LogP contribution in [0.1, 0.15) is 37.7 Å². The molecule has 1 fully saturated rings. The van der Waals surface area contributed by atoms with E-state index in [1.807, 2.05) is 6.07 Å². The lowest BCUT2D eigenvalue weighted by atomic mass is 10.1. The van der Waals surface area contributed by atoms with Crippen molar-refractivity contribution in [3.05, 3.63) is 28.2 Å². The van der Waals surface area contributed by atoms with Gasteiger partial charge >= 0.3 is 0 Å². The summed E-state index contributed by atoms with van der Waals surface area (Å²) in [6.45, 7) is 3.54. The molecule has 18 heavy (non-hydrogen) atoms. The number of nitrogens with zero attached hydrogens (tertiary/aromatic N) is 1. The van der Waals surface area contributed by atoms with Crippen molar-refractivity contribution < 1.29 is 4.74 Å². The molecule has 0 radical (unpaired) electrons. The van der Waals surface area contributed by atoms with E-state index in [-0.39, 0.29) is 0 Å². The molecular weight excluding hydrogens is 290 g/mol. The lowest BCUT2D eigenvalue weighted by Gasteiger charge is -2.24. The highest BCUT2D eigenvalue weighted by Crippen LogP contribution is 2.26. The van der Waals surface area contributed by atoms with Crippen LogP contribution in [0.4, 0.5) is 0 Å². The Hall–Kier alpha value is -0.540. The van der Waals surface area contributed by atoms with Gasteiger partial charge in [-0.25, -0.2) is 0 Å². The molecule has 3 heteroatoms. The first-order valence-corrected chi connectivity index (χ1v) is 7.63. The minimum absolute atomic E-state index is 0.909. The molecular formula is C15H22BrNO. The topological polar surface area (TPSA) is 12.5 Å². The summed E-state index contributed by atoms with van der Waals surface area (Å²) >= 11 is 3.56. The van der Waals surface area contributed by atoms with E-state index in [9.17, 15) is 0 Å². The van der Waals surface area contributed by atoms with Crippen LogP contribution >= 0.6 is 15.9 Å². The summed E-state index contributed by atoms with van der Waals surface area (Å²) in [5, 5.41) is 0. The van der Waals surface area contributed by atoms with Gasteiger partial charge in [0.15, 0.2) is 0 Å². The fourth-order valence-electron chi connectivity index (χ4n) is 2.54. The average molecular weight is 312 g/mol.